The Bertz CT molecular complexity index is 1040. The van der Waals surface area contributed by atoms with E-state index in [1.165, 1.54) is 19.1 Å². The van der Waals surface area contributed by atoms with Gasteiger partial charge in [0.1, 0.15) is 11.6 Å². The first-order chi connectivity index (χ1) is 11.9. The molecule has 1 saturated carbocycles. The van der Waals surface area contributed by atoms with Crippen molar-refractivity contribution < 1.29 is 16.4 Å². The third-order valence-corrected chi connectivity index (χ3v) is 3.22. The first kappa shape index (κ1) is 8.71. The van der Waals surface area contributed by atoms with Gasteiger partial charge in [-0.1, -0.05) is 6.07 Å². The summed E-state index contributed by atoms with van der Waals surface area (Å²) in [5, 5.41) is -0.211. The number of nitrogens with zero attached hydrogens (tertiary/aromatic N) is 2. The van der Waals surface area contributed by atoms with E-state index >= 15 is 0 Å². The summed E-state index contributed by atoms with van der Waals surface area (Å²) in [6, 6.07) is -0.275. The first-order valence-corrected chi connectivity index (χ1v) is 6.21. The van der Waals surface area contributed by atoms with Crippen LogP contribution in [0.4, 0.5) is 5.69 Å². The largest absolute Gasteiger partial charge is 0.398 e. The van der Waals surface area contributed by atoms with E-state index in [2.05, 4.69) is 4.98 Å². The molecule has 6 heteroatoms. The minimum absolute atomic E-state index is 0.131. The number of benzene rings is 1. The van der Waals surface area contributed by atoms with Gasteiger partial charge in [-0.2, -0.15) is 0 Å². The number of carbonyl (C=O) groups is 2. The zero-order valence-corrected chi connectivity index (χ0v) is 11.1. The Labute approximate surface area is 127 Å². The molecule has 1 fully saturated rings. The van der Waals surface area contributed by atoms with Crippen LogP contribution in [0.25, 0.3) is 10.9 Å². The van der Waals surface area contributed by atoms with Gasteiger partial charge in [-0.25, -0.2) is 4.98 Å². The first-order valence-electron chi connectivity index (χ1n) is 8.79. The Morgan fingerprint density at radius 1 is 1.52 bits per heavy atom. The normalized spacial score (nSPS) is 32.0. The van der Waals surface area contributed by atoms with Crippen LogP contribution in [0.5, 0.6) is 0 Å². The fraction of sp³-hybridized carbons (Fsp3) is 0.333. The van der Waals surface area contributed by atoms with Crippen LogP contribution >= 0.6 is 0 Å². The van der Waals surface area contributed by atoms with Gasteiger partial charge in [0.2, 0.25) is 0 Å². The molecule has 0 bridgehead atoms. The molecule has 0 amide bonds. The number of anilines is 1. The average molecular weight is 290 g/mol. The maximum atomic E-state index is 13.0. The van der Waals surface area contributed by atoms with E-state index in [4.69, 9.17) is 12.6 Å². The third kappa shape index (κ3) is 2.12. The Balaban J connectivity index is 2.44. The Morgan fingerprint density at radius 2 is 2.29 bits per heavy atom. The fourth-order valence-electron chi connectivity index (χ4n) is 2.28. The van der Waals surface area contributed by atoms with Crippen LogP contribution < -0.4 is 11.3 Å². The second kappa shape index (κ2) is 4.80. The number of aromatic nitrogens is 2. The monoisotopic (exact) mass is 290 g/mol. The topological polar surface area (TPSA) is 95.0 Å². The number of nitrogen functional groups attached to an aromatic ring is 1. The van der Waals surface area contributed by atoms with Crippen LogP contribution in [0.1, 0.15) is 37.9 Å². The number of rotatable bonds is 1. The molecule has 21 heavy (non-hydrogen) atoms. The lowest BCUT2D eigenvalue weighted by atomic mass is 9.92. The molecule has 2 aromatic rings. The van der Waals surface area contributed by atoms with E-state index in [-0.39, 0.29) is 28.5 Å². The minimum atomic E-state index is -2.96. The molecule has 1 aromatic heterocycles. The molecule has 2 unspecified atom stereocenters. The van der Waals surface area contributed by atoms with Crippen molar-refractivity contribution in [1.29, 1.82) is 0 Å². The van der Waals surface area contributed by atoms with Gasteiger partial charge in [0.25, 0.3) is 5.56 Å². The fourth-order valence-corrected chi connectivity index (χ4v) is 2.28. The third-order valence-electron chi connectivity index (χ3n) is 3.22. The van der Waals surface area contributed by atoms with E-state index in [0.29, 0.717) is 4.57 Å². The number of carbonyl (C=O) groups excluding carboxylic acids is 2. The molecule has 0 saturated heterocycles. The van der Waals surface area contributed by atoms with Crippen molar-refractivity contribution >= 4 is 28.2 Å². The maximum Gasteiger partial charge on any atom is 0.264 e. The molecular formula is C15H15N3O3. The summed E-state index contributed by atoms with van der Waals surface area (Å²) in [7, 11) is 0. The van der Waals surface area contributed by atoms with Crippen LogP contribution in [0, 0.1) is 6.92 Å². The van der Waals surface area contributed by atoms with E-state index in [9.17, 15) is 14.4 Å². The van der Waals surface area contributed by atoms with Gasteiger partial charge in [0.15, 0.2) is 5.78 Å². The van der Waals surface area contributed by atoms with Crippen molar-refractivity contribution in [2.75, 3.05) is 5.73 Å². The molecule has 0 aliphatic heterocycles. The molecule has 1 aliphatic carbocycles. The molecule has 108 valence electrons. The second-order valence-corrected chi connectivity index (χ2v) is 4.65. The van der Waals surface area contributed by atoms with Crippen LogP contribution in [-0.2, 0) is 9.59 Å². The molecule has 0 radical (unpaired) electrons. The molecule has 1 aliphatic rings. The summed E-state index contributed by atoms with van der Waals surface area (Å²) in [6.45, 7) is 1.32. The van der Waals surface area contributed by atoms with Crippen molar-refractivity contribution in [2.24, 2.45) is 0 Å². The van der Waals surface area contributed by atoms with Crippen LogP contribution in [0.3, 0.4) is 0 Å². The number of ketones is 2. The summed E-state index contributed by atoms with van der Waals surface area (Å²) < 4.78 is 40.7. The predicted molar refractivity (Wildman–Crippen MR) is 78.1 cm³/mol. The Hall–Kier alpha value is -2.50. The molecule has 0 spiro atoms. The molecule has 1 heterocycles. The molecule has 3 rings (SSSR count). The molecule has 2 N–H and O–H groups in total. The highest BCUT2D eigenvalue weighted by Crippen LogP contribution is 2.24. The summed E-state index contributed by atoms with van der Waals surface area (Å²) in [4.78, 5) is 41.4. The zero-order chi connectivity index (χ0) is 19.6. The molecule has 6 nitrogen and oxygen atoms in total. The van der Waals surface area contributed by atoms with Gasteiger partial charge in [-0.3, -0.25) is 19.0 Å². The Morgan fingerprint density at radius 3 is 3.05 bits per heavy atom. The van der Waals surface area contributed by atoms with Gasteiger partial charge in [-0.05, 0) is 25.4 Å². The lowest BCUT2D eigenvalue weighted by Gasteiger charge is -2.24. The molecule has 2 atom stereocenters. The predicted octanol–water partition coefficient (Wildman–Crippen LogP) is 1.15. The van der Waals surface area contributed by atoms with E-state index in [1.807, 2.05) is 0 Å². The van der Waals surface area contributed by atoms with E-state index in [0.717, 1.165) is 0 Å². The van der Waals surface area contributed by atoms with Gasteiger partial charge < -0.3 is 5.73 Å². The van der Waals surface area contributed by atoms with Gasteiger partial charge >= 0.3 is 0 Å². The highest BCUT2D eigenvalue weighted by atomic mass is 16.2. The van der Waals surface area contributed by atoms with Crippen LogP contribution in [0.15, 0.2) is 23.0 Å². The molecule has 1 aromatic carbocycles. The number of hydrogen-bond donors (Lipinski definition) is 1. The van der Waals surface area contributed by atoms with Crippen molar-refractivity contribution in [3.05, 3.63) is 34.4 Å². The molecular weight excluding hydrogens is 270 g/mol. The summed E-state index contributed by atoms with van der Waals surface area (Å²) >= 11 is 0. The van der Waals surface area contributed by atoms with Crippen LogP contribution in [0.2, 0.25) is 0 Å². The smallest absolute Gasteiger partial charge is 0.264 e. The minimum Gasteiger partial charge on any atom is -0.398 e. The van der Waals surface area contributed by atoms with Gasteiger partial charge in [0.05, 0.1) is 26.1 Å². The number of Topliss-reactive ketones (excluding diaryl/α,β-unsaturated/α-hetero) is 2. The lowest BCUT2D eigenvalue weighted by molar-refractivity contribution is -0.132. The number of aryl methyl sites for hydroxylation is 1. The summed E-state index contributed by atoms with van der Waals surface area (Å²) in [5.41, 5.74) is 4.76. The van der Waals surface area contributed by atoms with Crippen LogP contribution in [-0.4, -0.2) is 21.1 Å². The maximum absolute atomic E-state index is 13.0. The quantitative estimate of drug-likeness (QED) is 0.628. The van der Waals surface area contributed by atoms with Gasteiger partial charge in [0, 0.05) is 16.2 Å². The van der Waals surface area contributed by atoms with Crippen molar-refractivity contribution in [3.63, 3.8) is 0 Å². The van der Waals surface area contributed by atoms with Crippen molar-refractivity contribution in [1.82, 2.24) is 9.55 Å². The average Bonchev–Trinajstić information content (AvgIpc) is 2.55. The van der Waals surface area contributed by atoms with Crippen molar-refractivity contribution in [2.45, 2.75) is 32.1 Å². The second-order valence-electron chi connectivity index (χ2n) is 4.65. The Kier molecular flexibility index (Phi) is 1.99. The van der Waals surface area contributed by atoms with Gasteiger partial charge in [-0.15, -0.1) is 0 Å². The van der Waals surface area contributed by atoms with E-state index in [1.54, 1.807) is 0 Å². The standard InChI is InChI=1S/C15H15N3O3/c1-8-17-11-4-2-3-10(16)14(11)15(21)18(8)12-6-5-9(19)7-13(12)20/h2-4,12H,5-7,16H2,1H3/i3D,5D,6D2,12D. The number of hydrogen-bond acceptors (Lipinski definition) is 5. The van der Waals surface area contributed by atoms with E-state index < -0.39 is 42.3 Å². The lowest BCUT2D eigenvalue weighted by Crippen LogP contribution is -2.36. The SMILES string of the molecule is [2H]c1ccc2nc(C)n(C3([2H])C(=O)CC(=O)C([2H])C3([2H])[2H])c(=O)c2c1N. The highest BCUT2D eigenvalue weighted by molar-refractivity contribution is 6.03. The summed E-state index contributed by atoms with van der Waals surface area (Å²) in [5.74, 6) is -2.22. The number of nitrogens with two attached hydrogens (primary N) is 1. The number of fused-ring (bicyclic) bond motifs is 1. The highest BCUT2D eigenvalue weighted by Gasteiger charge is 2.30. The van der Waals surface area contributed by atoms with Crippen molar-refractivity contribution in [3.8, 4) is 0 Å². The summed E-state index contributed by atoms with van der Waals surface area (Å²) in [6.07, 6.45) is -5.79. The zero-order valence-electron chi connectivity index (χ0n) is 16.1.